The van der Waals surface area contributed by atoms with Crippen LogP contribution >= 0.6 is 15.6 Å². The zero-order valence-corrected chi connectivity index (χ0v) is 70.2. The number of allylic oxidation sites excluding steroid dienone is 26. The summed E-state index contributed by atoms with van der Waals surface area (Å²) in [6.07, 6.45) is 104. The van der Waals surface area contributed by atoms with E-state index in [-0.39, 0.29) is 19.3 Å². The summed E-state index contributed by atoms with van der Waals surface area (Å²) < 4.78 is 61.3. The van der Waals surface area contributed by atoms with Crippen LogP contribution in [0.5, 0.6) is 0 Å². The van der Waals surface area contributed by atoms with Gasteiger partial charge in [-0.15, -0.1) is 0 Å². The summed E-state index contributed by atoms with van der Waals surface area (Å²) in [6.45, 7) is 2.48. The summed E-state index contributed by atoms with van der Waals surface area (Å²) in [5.41, 5.74) is 0. The highest BCUT2D eigenvalue weighted by molar-refractivity contribution is 7.47. The van der Waals surface area contributed by atoms with Crippen molar-refractivity contribution in [2.45, 2.75) is 360 Å². The van der Waals surface area contributed by atoms with Gasteiger partial charge in [0.15, 0.2) is 6.10 Å². The first-order chi connectivity index (χ1) is 53.2. The maximum absolute atomic E-state index is 13.0. The molecule has 0 aliphatic carbocycles. The lowest BCUT2D eigenvalue weighted by Gasteiger charge is -2.21. The molecule has 5 atom stereocenters. The number of hydrogen-bond acceptors (Lipinski definition) is 14. The summed E-state index contributed by atoms with van der Waals surface area (Å²) in [4.78, 5) is 58.8. The van der Waals surface area contributed by atoms with Gasteiger partial charge in [-0.2, -0.15) is 0 Å². The van der Waals surface area contributed by atoms with Crippen molar-refractivity contribution in [3.63, 3.8) is 0 Å². The van der Waals surface area contributed by atoms with E-state index >= 15 is 0 Å². The van der Waals surface area contributed by atoms with Crippen LogP contribution in [0, 0.1) is 0 Å². The second-order valence-corrected chi connectivity index (χ2v) is 31.2. The van der Waals surface area contributed by atoms with Crippen molar-refractivity contribution >= 4 is 33.6 Å². The second kappa shape index (κ2) is 82.6. The van der Waals surface area contributed by atoms with Gasteiger partial charge < -0.3 is 34.2 Å². The minimum absolute atomic E-state index is 0.0593. The lowest BCUT2D eigenvalue weighted by atomic mass is 10.0. The first-order valence-corrected chi connectivity index (χ1v) is 45.8. The first-order valence-electron chi connectivity index (χ1n) is 42.8. The highest BCUT2D eigenvalue weighted by Gasteiger charge is 2.29. The number of carbonyl (C=O) groups is 3. The van der Waals surface area contributed by atoms with Crippen molar-refractivity contribution in [2.75, 3.05) is 39.6 Å². The molecule has 0 heterocycles. The van der Waals surface area contributed by atoms with Crippen LogP contribution in [0.15, 0.2) is 158 Å². The highest BCUT2D eigenvalue weighted by atomic mass is 31.2. The Labute approximate surface area is 663 Å². The monoisotopic (exact) mass is 1570 g/mol. The number of esters is 3. The summed E-state index contributed by atoms with van der Waals surface area (Å²) >= 11 is 0. The molecule has 0 amide bonds. The predicted molar refractivity (Wildman–Crippen MR) is 454 cm³/mol. The molecule has 0 saturated carbocycles. The Morgan fingerprint density at radius 1 is 0.266 bits per heavy atom. The molecule has 0 radical (unpaired) electrons. The molecule has 0 spiro atoms. The Morgan fingerprint density at radius 3 is 0.780 bits per heavy atom. The zero-order valence-electron chi connectivity index (χ0n) is 68.4. The minimum atomic E-state index is -4.95. The number of phosphoric acid groups is 2. The van der Waals surface area contributed by atoms with Gasteiger partial charge in [0.2, 0.25) is 0 Å². The Hall–Kier alpha value is -4.83. The van der Waals surface area contributed by atoms with Crippen molar-refractivity contribution in [3.8, 4) is 0 Å². The lowest BCUT2D eigenvalue weighted by Crippen LogP contribution is -2.30. The molecule has 4 N–H and O–H groups in total. The van der Waals surface area contributed by atoms with Gasteiger partial charge in [-0.05, 0) is 154 Å². The summed E-state index contributed by atoms with van der Waals surface area (Å²) in [6, 6.07) is 0. The van der Waals surface area contributed by atoms with Gasteiger partial charge in [0.25, 0.3) is 0 Å². The predicted octanol–water partition coefficient (Wildman–Crippen LogP) is 25.8. The summed E-state index contributed by atoms with van der Waals surface area (Å²) in [7, 11) is -9.82. The van der Waals surface area contributed by atoms with Crippen molar-refractivity contribution in [2.24, 2.45) is 0 Å². The van der Waals surface area contributed by atoms with Gasteiger partial charge in [0, 0.05) is 19.3 Å². The van der Waals surface area contributed by atoms with Crippen LogP contribution in [-0.2, 0) is 55.8 Å². The fraction of sp³-hybridized carbons (Fsp3) is 0.681. The van der Waals surface area contributed by atoms with Crippen LogP contribution in [0.4, 0.5) is 0 Å². The molecule has 18 heteroatoms. The SMILES string of the molecule is CC/C=C\C/C=C\C/C=C\C/C=C\C/C=C\CCCCCC(=O)OC(COC(=O)CCCCCCCCCCC/C=C\C/C=C\C/C=C\C/C=C\CCCCC)COP(=O)(O)OCC(O)COP(=O)(O)OCC(O)COC(=O)CCCCCCCCCCCCCCC/C=C\C/C=C\C/C=C\C/C=C\CCCCC. The minimum Gasteiger partial charge on any atom is -0.463 e. The van der Waals surface area contributed by atoms with Crippen molar-refractivity contribution < 1.29 is 75.8 Å². The van der Waals surface area contributed by atoms with Gasteiger partial charge in [-0.1, -0.05) is 326 Å². The van der Waals surface area contributed by atoms with Crippen molar-refractivity contribution in [3.05, 3.63) is 158 Å². The number of hydrogen-bond donors (Lipinski definition) is 4. The molecule has 0 fully saturated rings. The molecule has 0 aromatic heterocycles. The number of unbranched alkanes of at least 4 members (excludes halogenated alkanes) is 31. The van der Waals surface area contributed by atoms with Crippen LogP contribution in [0.1, 0.15) is 342 Å². The van der Waals surface area contributed by atoms with E-state index in [4.69, 9.17) is 32.3 Å². The van der Waals surface area contributed by atoms with E-state index in [2.05, 4.69) is 179 Å². The standard InChI is InChI=1S/C91H154O16P2/c1-4-7-10-13-16-19-22-25-28-31-34-36-38-40-41-42-43-45-47-48-51-53-56-59-62-65-68-71-74-77-89(94)101-80-86(92)81-103-108(97,98)104-82-87(93)83-105-109(99,100)106-85-88(107-91(96)79-76-73-70-67-64-61-58-55-50-33-30-27-24-21-18-15-12-9-6-3)84-102-90(95)78-75-72-69-66-63-60-57-54-52-49-46-44-39-37-35-32-29-26-23-20-17-14-11-8-5-2/h9,12,16-21,25-30,34-37,40-41,44,46,50,55,61,64,86-88,92-93H,4-8,10-11,13-15,22-24,31-33,38-39,42-43,45,47-49,51-54,56-60,62-63,65-85H2,1-3H3,(H,97,98)(H,99,100)/b12-9-,19-16-,20-17-,21-18-,28-25-,29-26-,30-27-,36-34-,37-35-,41-40-,46-44-,55-50-,64-61-. The van der Waals surface area contributed by atoms with Crippen LogP contribution < -0.4 is 0 Å². The molecule has 0 aliphatic rings. The van der Waals surface area contributed by atoms with E-state index in [0.717, 1.165) is 148 Å². The molecule has 0 aliphatic heterocycles. The number of rotatable bonds is 80. The Bertz CT molecular complexity index is 2610. The fourth-order valence-corrected chi connectivity index (χ4v) is 12.8. The highest BCUT2D eigenvalue weighted by Crippen LogP contribution is 2.45. The molecule has 0 aromatic rings. The fourth-order valence-electron chi connectivity index (χ4n) is 11.2. The Kier molecular flexibility index (Phi) is 79.0. The maximum Gasteiger partial charge on any atom is 0.472 e. The van der Waals surface area contributed by atoms with Crippen LogP contribution in [-0.4, -0.2) is 95.9 Å². The van der Waals surface area contributed by atoms with E-state index in [0.29, 0.717) is 19.3 Å². The maximum atomic E-state index is 13.0. The molecular weight excluding hydrogens is 1410 g/mol. The Balaban J connectivity index is 4.63. The van der Waals surface area contributed by atoms with E-state index in [1.165, 1.54) is 135 Å². The van der Waals surface area contributed by atoms with Crippen molar-refractivity contribution in [1.82, 2.24) is 0 Å². The van der Waals surface area contributed by atoms with E-state index in [1.807, 2.05) is 0 Å². The average Bonchev–Trinajstić information content (AvgIpc) is 0.904. The molecule has 0 aromatic carbocycles. The zero-order chi connectivity index (χ0) is 79.4. The largest absolute Gasteiger partial charge is 0.472 e. The van der Waals surface area contributed by atoms with E-state index < -0.39 is 91.5 Å². The van der Waals surface area contributed by atoms with Gasteiger partial charge >= 0.3 is 33.6 Å². The summed E-state index contributed by atoms with van der Waals surface area (Å²) in [5, 5.41) is 20.7. The normalized spacial score (nSPS) is 14.7. The molecule has 16 nitrogen and oxygen atoms in total. The lowest BCUT2D eigenvalue weighted by molar-refractivity contribution is -0.161. The first kappa shape index (κ1) is 104. The summed E-state index contributed by atoms with van der Waals surface area (Å²) in [5.74, 6) is -1.62. The molecule has 0 saturated heterocycles. The third-order valence-electron chi connectivity index (χ3n) is 17.7. The third kappa shape index (κ3) is 83.9. The number of aliphatic hydroxyl groups excluding tert-OH is 2. The van der Waals surface area contributed by atoms with E-state index in [1.54, 1.807) is 0 Å². The molecular formula is C91H154O16P2. The third-order valence-corrected chi connectivity index (χ3v) is 19.6. The van der Waals surface area contributed by atoms with Crippen LogP contribution in [0.3, 0.4) is 0 Å². The van der Waals surface area contributed by atoms with E-state index in [9.17, 15) is 43.5 Å². The molecule has 109 heavy (non-hydrogen) atoms. The van der Waals surface area contributed by atoms with Gasteiger partial charge in [0.1, 0.15) is 25.4 Å². The number of ether oxygens (including phenoxy) is 3. The number of carbonyl (C=O) groups excluding carboxylic acids is 3. The quantitative estimate of drug-likeness (QED) is 0.0146. The molecule has 0 bridgehead atoms. The smallest absolute Gasteiger partial charge is 0.463 e. The topological polar surface area (TPSA) is 231 Å². The number of aliphatic hydroxyl groups is 2. The van der Waals surface area contributed by atoms with Crippen molar-refractivity contribution in [1.29, 1.82) is 0 Å². The van der Waals surface area contributed by atoms with Gasteiger partial charge in [-0.3, -0.25) is 32.5 Å². The molecule has 0 rings (SSSR count). The molecule has 5 unspecified atom stereocenters. The second-order valence-electron chi connectivity index (χ2n) is 28.2. The molecule has 624 valence electrons. The van der Waals surface area contributed by atoms with Gasteiger partial charge in [0.05, 0.1) is 26.4 Å². The van der Waals surface area contributed by atoms with Crippen LogP contribution in [0.2, 0.25) is 0 Å². The average molecular weight is 1570 g/mol. The van der Waals surface area contributed by atoms with Crippen LogP contribution in [0.25, 0.3) is 0 Å². The number of phosphoric ester groups is 2. The Morgan fingerprint density at radius 2 is 0.486 bits per heavy atom. The van der Waals surface area contributed by atoms with Gasteiger partial charge in [-0.25, -0.2) is 9.13 Å².